The lowest BCUT2D eigenvalue weighted by molar-refractivity contribution is -0.140. The number of ether oxygens (including phenoxy) is 1. The lowest BCUT2D eigenvalue weighted by Crippen LogP contribution is -2.45. The van der Waals surface area contributed by atoms with Crippen LogP contribution in [0.2, 0.25) is 0 Å². The molecule has 3 aromatic rings. The number of hydrogen-bond donors (Lipinski definition) is 0. The zero-order chi connectivity index (χ0) is 20.5. The lowest BCUT2D eigenvalue weighted by atomic mass is 9.84. The van der Waals surface area contributed by atoms with Crippen molar-refractivity contribution in [3.05, 3.63) is 60.3 Å². The lowest BCUT2D eigenvalue weighted by Gasteiger charge is -2.36. The molecular weight excluding hydrogens is 372 g/mol. The predicted octanol–water partition coefficient (Wildman–Crippen LogP) is 5.38. The Kier molecular flexibility index (Phi) is 5.16. The third-order valence-electron chi connectivity index (χ3n) is 6.63. The molecule has 154 valence electrons. The molecule has 1 aliphatic carbocycles. The van der Waals surface area contributed by atoms with Crippen LogP contribution in [0.4, 0.5) is 0 Å². The molecule has 0 N–H and O–H groups in total. The molecular formula is C26H28N2O2. The summed E-state index contributed by atoms with van der Waals surface area (Å²) in [5, 5.41) is 1.17. The Hall–Kier alpha value is -2.88. The number of nitrogens with zero attached hydrogens (tertiary/aromatic N) is 2. The average molecular weight is 401 g/mol. The molecule has 1 saturated heterocycles. The first-order valence-electron chi connectivity index (χ1n) is 11.1. The van der Waals surface area contributed by atoms with Gasteiger partial charge in [-0.1, -0.05) is 24.6 Å². The summed E-state index contributed by atoms with van der Waals surface area (Å²) >= 11 is 0. The number of carbonyl (C=O) groups is 1. The van der Waals surface area contributed by atoms with E-state index in [0.29, 0.717) is 11.8 Å². The fraction of sp³-hybridized carbons (Fsp3) is 0.385. The molecule has 0 spiro atoms. The smallest absolute Gasteiger partial charge is 0.225 e. The zero-order valence-corrected chi connectivity index (χ0v) is 17.5. The van der Waals surface area contributed by atoms with Gasteiger partial charge in [-0.15, -0.1) is 0 Å². The maximum absolute atomic E-state index is 12.4. The van der Waals surface area contributed by atoms with Crippen molar-refractivity contribution >= 4 is 16.8 Å². The maximum Gasteiger partial charge on any atom is 0.225 e. The van der Waals surface area contributed by atoms with Crippen molar-refractivity contribution in [2.75, 3.05) is 13.1 Å². The normalized spacial score (nSPS) is 17.7. The first kappa shape index (κ1) is 19.1. The van der Waals surface area contributed by atoms with E-state index in [1.54, 1.807) is 0 Å². The molecule has 0 atom stereocenters. The second kappa shape index (κ2) is 8.10. The van der Waals surface area contributed by atoms with Crippen molar-refractivity contribution in [3.8, 4) is 16.9 Å². The molecule has 5 rings (SSSR count). The number of fused-ring (bicyclic) bond motifs is 1. The predicted molar refractivity (Wildman–Crippen MR) is 119 cm³/mol. The zero-order valence-electron chi connectivity index (χ0n) is 17.5. The van der Waals surface area contributed by atoms with E-state index >= 15 is 0 Å². The Labute approximate surface area is 177 Å². The molecule has 2 fully saturated rings. The van der Waals surface area contributed by atoms with Gasteiger partial charge in [-0.2, -0.15) is 0 Å². The summed E-state index contributed by atoms with van der Waals surface area (Å²) in [6.07, 6.45) is 7.21. The fourth-order valence-electron chi connectivity index (χ4n) is 4.56. The minimum absolute atomic E-state index is 0.188. The molecule has 2 heterocycles. The Morgan fingerprint density at radius 3 is 2.50 bits per heavy atom. The third-order valence-corrected chi connectivity index (χ3v) is 6.63. The van der Waals surface area contributed by atoms with E-state index in [-0.39, 0.29) is 6.10 Å². The van der Waals surface area contributed by atoms with Gasteiger partial charge in [0.05, 0.1) is 5.52 Å². The molecule has 1 aromatic heterocycles. The highest BCUT2D eigenvalue weighted by atomic mass is 16.5. The second-order valence-electron chi connectivity index (χ2n) is 8.66. The molecule has 1 aliphatic heterocycles. The minimum atomic E-state index is 0.188. The van der Waals surface area contributed by atoms with Gasteiger partial charge in [0.25, 0.3) is 0 Å². The van der Waals surface area contributed by atoms with Gasteiger partial charge in [-0.05, 0) is 66.8 Å². The van der Waals surface area contributed by atoms with Gasteiger partial charge in [-0.3, -0.25) is 9.78 Å². The number of aromatic nitrogens is 1. The Bertz CT molecular complexity index is 1050. The van der Waals surface area contributed by atoms with Crippen molar-refractivity contribution in [1.82, 2.24) is 9.88 Å². The molecule has 0 radical (unpaired) electrons. The number of amides is 1. The summed E-state index contributed by atoms with van der Waals surface area (Å²) in [5.41, 5.74) is 4.64. The van der Waals surface area contributed by atoms with Gasteiger partial charge < -0.3 is 9.64 Å². The second-order valence-corrected chi connectivity index (χ2v) is 8.66. The van der Waals surface area contributed by atoms with Gasteiger partial charge in [0, 0.05) is 43.4 Å². The molecule has 1 saturated carbocycles. The van der Waals surface area contributed by atoms with Crippen LogP contribution in [0.5, 0.6) is 5.75 Å². The maximum atomic E-state index is 12.4. The molecule has 2 aromatic carbocycles. The van der Waals surface area contributed by atoms with Crippen LogP contribution in [-0.4, -0.2) is 35.0 Å². The Morgan fingerprint density at radius 1 is 1.03 bits per heavy atom. The molecule has 1 amide bonds. The van der Waals surface area contributed by atoms with Crippen LogP contribution in [0, 0.1) is 12.8 Å². The highest BCUT2D eigenvalue weighted by Gasteiger charge is 2.32. The molecule has 0 unspecified atom stereocenters. The summed E-state index contributed by atoms with van der Waals surface area (Å²) in [6, 6.07) is 16.8. The monoisotopic (exact) mass is 400 g/mol. The van der Waals surface area contributed by atoms with E-state index in [1.165, 1.54) is 28.5 Å². The molecule has 2 aliphatic rings. The quantitative estimate of drug-likeness (QED) is 0.590. The van der Waals surface area contributed by atoms with E-state index in [2.05, 4.69) is 54.4 Å². The van der Waals surface area contributed by atoms with Crippen LogP contribution in [0.3, 0.4) is 0 Å². The van der Waals surface area contributed by atoms with Crippen LogP contribution in [0.25, 0.3) is 22.0 Å². The van der Waals surface area contributed by atoms with Gasteiger partial charge in [0.15, 0.2) is 0 Å². The fourth-order valence-corrected chi connectivity index (χ4v) is 4.56. The average Bonchev–Trinajstić information content (AvgIpc) is 2.73. The molecule has 0 bridgehead atoms. The summed E-state index contributed by atoms with van der Waals surface area (Å²) < 4.78 is 6.23. The van der Waals surface area contributed by atoms with Crippen molar-refractivity contribution in [2.45, 2.75) is 45.1 Å². The van der Waals surface area contributed by atoms with Crippen molar-refractivity contribution < 1.29 is 9.53 Å². The van der Waals surface area contributed by atoms with Crippen LogP contribution in [-0.2, 0) is 4.79 Å². The minimum Gasteiger partial charge on any atom is -0.490 e. The first-order chi connectivity index (χ1) is 14.7. The largest absolute Gasteiger partial charge is 0.490 e. The van der Waals surface area contributed by atoms with Crippen LogP contribution < -0.4 is 4.74 Å². The number of rotatable bonds is 4. The van der Waals surface area contributed by atoms with Gasteiger partial charge in [0.1, 0.15) is 11.9 Å². The van der Waals surface area contributed by atoms with Gasteiger partial charge in [-0.25, -0.2) is 0 Å². The van der Waals surface area contributed by atoms with Crippen LogP contribution in [0.1, 0.15) is 37.7 Å². The highest BCUT2D eigenvalue weighted by molar-refractivity contribution is 5.86. The van der Waals surface area contributed by atoms with Gasteiger partial charge in [0.2, 0.25) is 5.91 Å². The standard InChI is InChI=1S/C26H28N2O2/c1-18-16-21-6-3-13-27-25(21)17-24(18)19-7-9-22(10-8-19)30-23-11-14-28(15-12-23)26(29)20-4-2-5-20/h3,6-10,13,16-17,20,23H,2,4-5,11-12,14-15H2,1H3. The van der Waals surface area contributed by atoms with E-state index in [4.69, 9.17) is 4.74 Å². The number of aryl methyl sites for hydroxylation is 1. The van der Waals surface area contributed by atoms with Crippen molar-refractivity contribution in [3.63, 3.8) is 0 Å². The number of pyridine rings is 1. The van der Waals surface area contributed by atoms with E-state index in [0.717, 1.165) is 50.0 Å². The Balaban J connectivity index is 1.23. The summed E-state index contributed by atoms with van der Waals surface area (Å²) in [5.74, 6) is 1.56. The summed E-state index contributed by atoms with van der Waals surface area (Å²) in [7, 11) is 0. The van der Waals surface area contributed by atoms with Crippen molar-refractivity contribution in [1.29, 1.82) is 0 Å². The van der Waals surface area contributed by atoms with Crippen molar-refractivity contribution in [2.24, 2.45) is 5.92 Å². The van der Waals surface area contributed by atoms with E-state index in [9.17, 15) is 4.79 Å². The topological polar surface area (TPSA) is 42.4 Å². The molecule has 4 heteroatoms. The van der Waals surface area contributed by atoms with Crippen LogP contribution in [0.15, 0.2) is 54.7 Å². The third kappa shape index (κ3) is 3.79. The number of piperidine rings is 1. The van der Waals surface area contributed by atoms with E-state index < -0.39 is 0 Å². The molecule has 30 heavy (non-hydrogen) atoms. The van der Waals surface area contributed by atoms with Crippen LogP contribution >= 0.6 is 0 Å². The Morgan fingerprint density at radius 2 is 1.80 bits per heavy atom. The number of hydrogen-bond acceptors (Lipinski definition) is 3. The van der Waals surface area contributed by atoms with E-state index in [1.807, 2.05) is 17.2 Å². The SMILES string of the molecule is Cc1cc2cccnc2cc1-c1ccc(OC2CCN(C(=O)C3CCC3)CC2)cc1. The van der Waals surface area contributed by atoms with Gasteiger partial charge >= 0.3 is 0 Å². The summed E-state index contributed by atoms with van der Waals surface area (Å²) in [6.45, 7) is 3.79. The number of carbonyl (C=O) groups excluding carboxylic acids is 1. The molecule has 4 nitrogen and oxygen atoms in total. The highest BCUT2D eigenvalue weighted by Crippen LogP contribution is 2.31. The number of benzene rings is 2. The summed E-state index contributed by atoms with van der Waals surface area (Å²) in [4.78, 5) is 18.9. The first-order valence-corrected chi connectivity index (χ1v) is 11.1. The number of likely N-dealkylation sites (tertiary alicyclic amines) is 1.